The van der Waals surface area contributed by atoms with Crippen LogP contribution in [0.25, 0.3) is 0 Å². The van der Waals surface area contributed by atoms with E-state index in [0.29, 0.717) is 15.9 Å². The van der Waals surface area contributed by atoms with Crippen molar-refractivity contribution < 1.29 is 13.9 Å². The van der Waals surface area contributed by atoms with Gasteiger partial charge < -0.3 is 10.1 Å². The standard InChI is InChI=1S/C9H7BrFNO2/c10-5-3-7-8(4-6(5)11)14-2-1-9(13)12-7/h3-4H,1-2H2,(H,12,13). The molecule has 5 heteroatoms. The molecular weight excluding hydrogens is 253 g/mol. The molecule has 0 radical (unpaired) electrons. The minimum absolute atomic E-state index is 0.123. The molecule has 1 aliphatic heterocycles. The number of amides is 1. The van der Waals surface area contributed by atoms with E-state index in [1.807, 2.05) is 0 Å². The second-order valence-corrected chi connectivity index (χ2v) is 3.76. The molecule has 0 aromatic heterocycles. The Morgan fingerprint density at radius 1 is 1.50 bits per heavy atom. The molecule has 14 heavy (non-hydrogen) atoms. The van der Waals surface area contributed by atoms with Crippen LogP contribution in [0, 0.1) is 5.82 Å². The Balaban J connectivity index is 2.46. The van der Waals surface area contributed by atoms with E-state index >= 15 is 0 Å². The van der Waals surface area contributed by atoms with Crippen LogP contribution >= 0.6 is 15.9 Å². The van der Waals surface area contributed by atoms with Gasteiger partial charge in [0, 0.05) is 6.07 Å². The van der Waals surface area contributed by atoms with Crippen LogP contribution in [0.15, 0.2) is 16.6 Å². The first-order valence-electron chi connectivity index (χ1n) is 4.08. The molecule has 0 atom stereocenters. The number of carbonyl (C=O) groups is 1. The molecule has 1 aromatic rings. The molecule has 0 saturated heterocycles. The van der Waals surface area contributed by atoms with Crippen LogP contribution in [0.5, 0.6) is 5.75 Å². The molecule has 0 saturated carbocycles. The first-order valence-corrected chi connectivity index (χ1v) is 4.88. The maximum absolute atomic E-state index is 13.1. The van der Waals surface area contributed by atoms with Gasteiger partial charge in [-0.1, -0.05) is 0 Å². The molecule has 3 nitrogen and oxygen atoms in total. The van der Waals surface area contributed by atoms with E-state index in [-0.39, 0.29) is 18.9 Å². The van der Waals surface area contributed by atoms with E-state index in [1.165, 1.54) is 12.1 Å². The number of hydrogen-bond acceptors (Lipinski definition) is 2. The van der Waals surface area contributed by atoms with Gasteiger partial charge in [-0.3, -0.25) is 4.79 Å². The number of anilines is 1. The largest absolute Gasteiger partial charge is 0.491 e. The quantitative estimate of drug-likeness (QED) is 0.777. The van der Waals surface area contributed by atoms with Crippen molar-refractivity contribution in [3.8, 4) is 5.75 Å². The van der Waals surface area contributed by atoms with Gasteiger partial charge in [0.25, 0.3) is 0 Å². The summed E-state index contributed by atoms with van der Waals surface area (Å²) in [4.78, 5) is 11.1. The van der Waals surface area contributed by atoms with Crippen molar-refractivity contribution in [2.75, 3.05) is 11.9 Å². The minimum Gasteiger partial charge on any atom is -0.491 e. The number of fused-ring (bicyclic) bond motifs is 1. The SMILES string of the molecule is O=C1CCOc2cc(F)c(Br)cc2N1. The highest BCUT2D eigenvalue weighted by Crippen LogP contribution is 2.32. The topological polar surface area (TPSA) is 38.3 Å². The second kappa shape index (κ2) is 3.57. The smallest absolute Gasteiger partial charge is 0.227 e. The molecule has 1 amide bonds. The van der Waals surface area contributed by atoms with Crippen molar-refractivity contribution in [2.24, 2.45) is 0 Å². The van der Waals surface area contributed by atoms with Crippen LogP contribution < -0.4 is 10.1 Å². The summed E-state index contributed by atoms with van der Waals surface area (Å²) in [6.45, 7) is 0.278. The Kier molecular flexibility index (Phi) is 2.41. The van der Waals surface area contributed by atoms with Gasteiger partial charge in [-0.05, 0) is 22.0 Å². The van der Waals surface area contributed by atoms with Crippen LogP contribution in [-0.4, -0.2) is 12.5 Å². The summed E-state index contributed by atoms with van der Waals surface area (Å²) < 4.78 is 18.6. The van der Waals surface area contributed by atoms with Crippen LogP contribution in [0.2, 0.25) is 0 Å². The Hall–Kier alpha value is -1.10. The van der Waals surface area contributed by atoms with Crippen molar-refractivity contribution in [3.05, 3.63) is 22.4 Å². The molecule has 2 rings (SSSR count). The van der Waals surface area contributed by atoms with Crippen LogP contribution in [-0.2, 0) is 4.79 Å². The molecule has 1 heterocycles. The van der Waals surface area contributed by atoms with Gasteiger partial charge in [-0.2, -0.15) is 0 Å². The third-order valence-corrected chi connectivity index (χ3v) is 2.49. The maximum Gasteiger partial charge on any atom is 0.227 e. The van der Waals surface area contributed by atoms with Gasteiger partial charge in [-0.15, -0.1) is 0 Å². The highest BCUT2D eigenvalue weighted by atomic mass is 79.9. The van der Waals surface area contributed by atoms with E-state index < -0.39 is 5.82 Å². The molecule has 1 aliphatic rings. The van der Waals surface area contributed by atoms with Crippen molar-refractivity contribution >= 4 is 27.5 Å². The maximum atomic E-state index is 13.1. The fraction of sp³-hybridized carbons (Fsp3) is 0.222. The van der Waals surface area contributed by atoms with Gasteiger partial charge in [0.1, 0.15) is 11.6 Å². The average Bonchev–Trinajstić information content (AvgIpc) is 2.28. The summed E-state index contributed by atoms with van der Waals surface area (Å²) in [5.41, 5.74) is 0.501. The molecule has 1 aromatic carbocycles. The zero-order valence-corrected chi connectivity index (χ0v) is 8.73. The predicted octanol–water partition coefficient (Wildman–Crippen LogP) is 2.31. The minimum atomic E-state index is -0.403. The summed E-state index contributed by atoms with van der Waals surface area (Å²) >= 11 is 3.04. The fourth-order valence-corrected chi connectivity index (χ4v) is 1.56. The van der Waals surface area contributed by atoms with Crippen LogP contribution in [0.3, 0.4) is 0 Å². The molecule has 0 spiro atoms. The second-order valence-electron chi connectivity index (χ2n) is 2.91. The number of carbonyl (C=O) groups excluding carboxylic acids is 1. The highest BCUT2D eigenvalue weighted by Gasteiger charge is 2.15. The monoisotopic (exact) mass is 259 g/mol. The third-order valence-electron chi connectivity index (χ3n) is 1.88. The molecule has 0 aliphatic carbocycles. The van der Waals surface area contributed by atoms with E-state index in [0.717, 1.165) is 0 Å². The lowest BCUT2D eigenvalue weighted by atomic mass is 10.3. The predicted molar refractivity (Wildman–Crippen MR) is 52.8 cm³/mol. The molecule has 74 valence electrons. The van der Waals surface area contributed by atoms with E-state index in [1.54, 1.807) is 0 Å². The van der Waals surface area contributed by atoms with Gasteiger partial charge in [-0.25, -0.2) is 4.39 Å². The lowest BCUT2D eigenvalue weighted by molar-refractivity contribution is -0.116. The number of halogens is 2. The Morgan fingerprint density at radius 3 is 3.07 bits per heavy atom. The van der Waals surface area contributed by atoms with E-state index in [2.05, 4.69) is 21.2 Å². The normalized spacial score (nSPS) is 15.1. The molecule has 1 N–H and O–H groups in total. The average molecular weight is 260 g/mol. The van der Waals surface area contributed by atoms with E-state index in [4.69, 9.17) is 4.74 Å². The van der Waals surface area contributed by atoms with Gasteiger partial charge in [0.2, 0.25) is 5.91 Å². The number of benzene rings is 1. The molecule has 0 fully saturated rings. The zero-order valence-electron chi connectivity index (χ0n) is 7.14. The summed E-state index contributed by atoms with van der Waals surface area (Å²) in [6.07, 6.45) is 0.286. The van der Waals surface area contributed by atoms with E-state index in [9.17, 15) is 9.18 Å². The third kappa shape index (κ3) is 1.72. The number of rotatable bonds is 0. The van der Waals surface area contributed by atoms with Crippen LogP contribution in [0.4, 0.5) is 10.1 Å². The number of nitrogens with one attached hydrogen (secondary N) is 1. The van der Waals surface area contributed by atoms with Crippen molar-refractivity contribution in [2.45, 2.75) is 6.42 Å². The first-order chi connectivity index (χ1) is 6.66. The first kappa shape index (κ1) is 9.45. The summed E-state index contributed by atoms with van der Waals surface area (Å²) in [7, 11) is 0. The van der Waals surface area contributed by atoms with Crippen molar-refractivity contribution in [3.63, 3.8) is 0 Å². The van der Waals surface area contributed by atoms with Crippen molar-refractivity contribution in [1.29, 1.82) is 0 Å². The highest BCUT2D eigenvalue weighted by molar-refractivity contribution is 9.10. The lowest BCUT2D eigenvalue weighted by Gasteiger charge is -2.07. The summed E-state index contributed by atoms with van der Waals surface area (Å²) in [5, 5.41) is 2.63. The summed E-state index contributed by atoms with van der Waals surface area (Å²) in [5.74, 6) is -0.154. The molecule has 0 unspecified atom stereocenters. The number of ether oxygens (including phenoxy) is 1. The summed E-state index contributed by atoms with van der Waals surface area (Å²) in [6, 6.07) is 2.75. The van der Waals surface area contributed by atoms with Gasteiger partial charge in [0.05, 0.1) is 23.2 Å². The number of hydrogen-bond donors (Lipinski definition) is 1. The fourth-order valence-electron chi connectivity index (χ4n) is 1.21. The lowest BCUT2D eigenvalue weighted by Crippen LogP contribution is -2.10. The molecule has 0 bridgehead atoms. The van der Waals surface area contributed by atoms with Gasteiger partial charge in [0.15, 0.2) is 0 Å². The Labute approximate surface area is 88.4 Å². The Morgan fingerprint density at radius 2 is 2.29 bits per heavy atom. The van der Waals surface area contributed by atoms with Crippen molar-refractivity contribution in [1.82, 2.24) is 0 Å². The zero-order chi connectivity index (χ0) is 10.1. The van der Waals surface area contributed by atoms with Gasteiger partial charge >= 0.3 is 0 Å². The Bertz CT molecular complexity index is 395. The molecular formula is C9H7BrFNO2. The van der Waals surface area contributed by atoms with Crippen LogP contribution in [0.1, 0.15) is 6.42 Å².